The van der Waals surface area contributed by atoms with Crippen LogP contribution in [0.4, 0.5) is 0 Å². The Bertz CT molecular complexity index is 759. The van der Waals surface area contributed by atoms with E-state index in [4.69, 9.17) is 0 Å². The molecule has 0 spiro atoms. The van der Waals surface area contributed by atoms with Crippen molar-refractivity contribution in [3.63, 3.8) is 0 Å². The average molecular weight is 303 g/mol. The lowest BCUT2D eigenvalue weighted by Gasteiger charge is -2.07. The van der Waals surface area contributed by atoms with E-state index in [0.717, 1.165) is 6.42 Å². The fourth-order valence-electron chi connectivity index (χ4n) is 2.12. The quantitative estimate of drug-likeness (QED) is 0.775. The lowest BCUT2D eigenvalue weighted by Crippen LogP contribution is -2.08. The van der Waals surface area contributed by atoms with Crippen LogP contribution in [0.3, 0.4) is 0 Å². The molecule has 0 atom stereocenters. The van der Waals surface area contributed by atoms with Crippen molar-refractivity contribution in [2.45, 2.75) is 13.0 Å². The molecule has 0 aromatic carbocycles. The number of hydrogen-bond acceptors (Lipinski definition) is 5. The van der Waals surface area contributed by atoms with Gasteiger partial charge in [0.2, 0.25) is 0 Å². The highest BCUT2D eigenvalue weighted by Gasteiger charge is 2.22. The third-order valence-electron chi connectivity index (χ3n) is 3.15. The maximum Gasteiger partial charge on any atom is 0.358 e. The largest absolute Gasteiger partial charge is 0.476 e. The van der Waals surface area contributed by atoms with Crippen molar-refractivity contribution in [2.24, 2.45) is 7.05 Å². The molecule has 0 unspecified atom stereocenters. The summed E-state index contributed by atoms with van der Waals surface area (Å²) in [5.41, 5.74) is 1.12. The molecule has 108 valence electrons. The van der Waals surface area contributed by atoms with E-state index in [0.29, 0.717) is 17.9 Å². The topological polar surface area (TPSA) is 85.8 Å². The van der Waals surface area contributed by atoms with Crippen molar-refractivity contribution in [1.82, 2.24) is 24.5 Å². The Labute approximate surface area is 124 Å². The van der Waals surface area contributed by atoms with Crippen LogP contribution in [0.1, 0.15) is 15.4 Å². The Balaban J connectivity index is 1.97. The number of aromatic carboxylic acids is 1. The molecule has 3 aromatic heterocycles. The monoisotopic (exact) mass is 303 g/mol. The maximum absolute atomic E-state index is 11.3. The maximum atomic E-state index is 11.3. The minimum absolute atomic E-state index is 0.0511. The molecule has 21 heavy (non-hydrogen) atoms. The SMILES string of the molecule is Cn1cncc1-c1c(C(=O)O)nnn1CCc1cccs1. The molecule has 7 nitrogen and oxygen atoms in total. The lowest BCUT2D eigenvalue weighted by atomic mass is 10.2. The number of carboxylic acids is 1. The predicted molar refractivity (Wildman–Crippen MR) is 77.2 cm³/mol. The number of nitrogens with zero attached hydrogens (tertiary/aromatic N) is 5. The van der Waals surface area contributed by atoms with Crippen molar-refractivity contribution in [1.29, 1.82) is 0 Å². The van der Waals surface area contributed by atoms with Crippen LogP contribution in [-0.2, 0) is 20.0 Å². The summed E-state index contributed by atoms with van der Waals surface area (Å²) in [6, 6.07) is 4.04. The smallest absolute Gasteiger partial charge is 0.358 e. The summed E-state index contributed by atoms with van der Waals surface area (Å²) in [6.45, 7) is 0.571. The molecule has 3 rings (SSSR count). The lowest BCUT2D eigenvalue weighted by molar-refractivity contribution is 0.0691. The number of rotatable bonds is 5. The minimum atomic E-state index is -1.09. The first-order valence-corrected chi connectivity index (χ1v) is 7.20. The molecule has 0 saturated carbocycles. The van der Waals surface area contributed by atoms with E-state index in [1.807, 2.05) is 24.6 Å². The van der Waals surface area contributed by atoms with Crippen LogP contribution >= 0.6 is 11.3 Å². The zero-order valence-corrected chi connectivity index (χ0v) is 12.1. The van der Waals surface area contributed by atoms with Crippen LogP contribution in [0.5, 0.6) is 0 Å². The van der Waals surface area contributed by atoms with E-state index in [-0.39, 0.29) is 5.69 Å². The fourth-order valence-corrected chi connectivity index (χ4v) is 2.82. The first-order chi connectivity index (χ1) is 10.2. The summed E-state index contributed by atoms with van der Waals surface area (Å²) in [5.74, 6) is -1.09. The number of aromatic nitrogens is 5. The molecule has 1 N–H and O–H groups in total. The van der Waals surface area contributed by atoms with E-state index in [1.54, 1.807) is 33.1 Å². The predicted octanol–water partition coefficient (Wildman–Crippen LogP) is 1.68. The van der Waals surface area contributed by atoms with E-state index >= 15 is 0 Å². The highest BCUT2D eigenvalue weighted by molar-refractivity contribution is 7.09. The van der Waals surface area contributed by atoms with Gasteiger partial charge in [0.25, 0.3) is 0 Å². The molecule has 0 radical (unpaired) electrons. The van der Waals surface area contributed by atoms with Crippen molar-refractivity contribution >= 4 is 17.3 Å². The van der Waals surface area contributed by atoms with Crippen molar-refractivity contribution < 1.29 is 9.90 Å². The molecule has 0 amide bonds. The van der Waals surface area contributed by atoms with Crippen LogP contribution in [0, 0.1) is 0 Å². The Hall–Kier alpha value is -2.48. The summed E-state index contributed by atoms with van der Waals surface area (Å²) in [7, 11) is 1.81. The molecule has 3 heterocycles. The second-order valence-corrected chi connectivity index (χ2v) is 5.57. The number of carboxylic acid groups (broad SMARTS) is 1. The second-order valence-electron chi connectivity index (χ2n) is 4.53. The van der Waals surface area contributed by atoms with Crippen LogP contribution in [0.2, 0.25) is 0 Å². The summed E-state index contributed by atoms with van der Waals surface area (Å²) in [6.07, 6.45) is 4.02. The van der Waals surface area contributed by atoms with E-state index in [9.17, 15) is 9.90 Å². The summed E-state index contributed by atoms with van der Waals surface area (Å²) in [4.78, 5) is 16.6. The van der Waals surface area contributed by atoms with Gasteiger partial charge in [-0.3, -0.25) is 0 Å². The first kappa shape index (κ1) is 13.5. The van der Waals surface area contributed by atoms with Crippen LogP contribution in [-0.4, -0.2) is 35.6 Å². The van der Waals surface area contributed by atoms with Gasteiger partial charge in [-0.25, -0.2) is 14.5 Å². The zero-order chi connectivity index (χ0) is 14.8. The van der Waals surface area contributed by atoms with Gasteiger partial charge in [-0.05, 0) is 11.4 Å². The third kappa shape index (κ3) is 2.57. The van der Waals surface area contributed by atoms with Crippen molar-refractivity contribution in [3.05, 3.63) is 40.6 Å². The van der Waals surface area contributed by atoms with Gasteiger partial charge in [0, 0.05) is 24.9 Å². The zero-order valence-electron chi connectivity index (χ0n) is 11.3. The summed E-state index contributed by atoms with van der Waals surface area (Å²) in [5, 5.41) is 19.1. The van der Waals surface area contributed by atoms with Gasteiger partial charge in [-0.1, -0.05) is 11.3 Å². The van der Waals surface area contributed by atoms with Crippen LogP contribution in [0.15, 0.2) is 30.0 Å². The van der Waals surface area contributed by atoms with Gasteiger partial charge in [0.05, 0.1) is 18.2 Å². The normalized spacial score (nSPS) is 10.9. The first-order valence-electron chi connectivity index (χ1n) is 6.32. The van der Waals surface area contributed by atoms with Gasteiger partial charge >= 0.3 is 5.97 Å². The van der Waals surface area contributed by atoms with E-state index in [2.05, 4.69) is 15.3 Å². The molecule has 8 heteroatoms. The fraction of sp³-hybridized carbons (Fsp3) is 0.231. The highest BCUT2D eigenvalue weighted by atomic mass is 32.1. The van der Waals surface area contributed by atoms with Crippen molar-refractivity contribution in [3.8, 4) is 11.4 Å². The molecule has 0 saturated heterocycles. The van der Waals surface area contributed by atoms with Crippen LogP contribution < -0.4 is 0 Å². The Kier molecular flexibility index (Phi) is 3.53. The minimum Gasteiger partial charge on any atom is -0.476 e. The third-order valence-corrected chi connectivity index (χ3v) is 4.08. The standard InChI is InChI=1S/C13H13N5O2S/c1-17-8-14-7-10(17)12-11(13(19)20)15-16-18(12)5-4-9-3-2-6-21-9/h2-3,6-8H,4-5H2,1H3,(H,19,20). The average Bonchev–Trinajstić information content (AvgIpc) is 3.15. The van der Waals surface area contributed by atoms with Crippen LogP contribution in [0.25, 0.3) is 11.4 Å². The molecular weight excluding hydrogens is 290 g/mol. The van der Waals surface area contributed by atoms with Crippen molar-refractivity contribution in [2.75, 3.05) is 0 Å². The molecule has 0 aliphatic carbocycles. The van der Waals surface area contributed by atoms with Gasteiger partial charge < -0.3 is 9.67 Å². The van der Waals surface area contributed by atoms with E-state index < -0.39 is 5.97 Å². The number of thiophene rings is 1. The number of imidazole rings is 1. The highest BCUT2D eigenvalue weighted by Crippen LogP contribution is 2.22. The molecule has 0 aliphatic heterocycles. The summed E-state index contributed by atoms with van der Waals surface area (Å²) >= 11 is 1.67. The molecule has 3 aromatic rings. The second kappa shape index (κ2) is 5.49. The Morgan fingerprint density at radius 1 is 1.48 bits per heavy atom. The summed E-state index contributed by atoms with van der Waals surface area (Å²) < 4.78 is 3.38. The molecule has 0 aliphatic rings. The van der Waals surface area contributed by atoms with Gasteiger partial charge in [-0.2, -0.15) is 0 Å². The van der Waals surface area contributed by atoms with Gasteiger partial charge in [0.1, 0.15) is 5.69 Å². The van der Waals surface area contributed by atoms with Gasteiger partial charge in [0.15, 0.2) is 5.69 Å². The number of aryl methyl sites for hydroxylation is 3. The Morgan fingerprint density at radius 3 is 2.95 bits per heavy atom. The van der Waals surface area contributed by atoms with Gasteiger partial charge in [-0.15, -0.1) is 16.4 Å². The molecule has 0 bridgehead atoms. The molecule has 0 fully saturated rings. The number of hydrogen-bond donors (Lipinski definition) is 1. The number of carbonyl (C=O) groups is 1. The van der Waals surface area contributed by atoms with E-state index in [1.165, 1.54) is 4.88 Å². The molecular formula is C13H13N5O2S. The Morgan fingerprint density at radius 2 is 2.33 bits per heavy atom.